The summed E-state index contributed by atoms with van der Waals surface area (Å²) in [5.41, 5.74) is 0.686. The highest BCUT2D eigenvalue weighted by Crippen LogP contribution is 2.15. The van der Waals surface area contributed by atoms with Crippen LogP contribution in [0, 0.1) is 11.8 Å². The van der Waals surface area contributed by atoms with Gasteiger partial charge in [-0.05, 0) is 29.9 Å². The zero-order chi connectivity index (χ0) is 12.5. The first-order chi connectivity index (χ1) is 8.29. The summed E-state index contributed by atoms with van der Waals surface area (Å²) in [4.78, 5) is 12.4. The summed E-state index contributed by atoms with van der Waals surface area (Å²) in [7, 11) is 0. The van der Waals surface area contributed by atoms with Gasteiger partial charge < -0.3 is 10.4 Å². The maximum atomic E-state index is 11.8. The number of nitrogens with one attached hydrogen (secondary N) is 1. The Morgan fingerprint density at radius 3 is 3.18 bits per heavy atom. The zero-order valence-electron chi connectivity index (χ0n) is 9.66. The first kappa shape index (κ1) is 14.1. The number of carbonyl (C=O) groups excluding carboxylic acids is 1. The number of rotatable bonds is 5. The largest absolute Gasteiger partial charge is 0.384 e. The van der Waals surface area contributed by atoms with Crippen LogP contribution in [0.25, 0.3) is 0 Å². The van der Waals surface area contributed by atoms with E-state index in [9.17, 15) is 4.79 Å². The van der Waals surface area contributed by atoms with Gasteiger partial charge >= 0.3 is 0 Å². The fraction of sp³-hybridized carbons (Fsp3) is 0.417. The summed E-state index contributed by atoms with van der Waals surface area (Å²) >= 11 is 3.14. The quantitative estimate of drug-likeness (QED) is 0.630. The predicted molar refractivity (Wildman–Crippen MR) is 73.6 cm³/mol. The summed E-state index contributed by atoms with van der Waals surface area (Å²) in [5, 5.41) is 13.3. The van der Waals surface area contributed by atoms with E-state index in [-0.39, 0.29) is 12.5 Å². The van der Waals surface area contributed by atoms with E-state index >= 15 is 0 Å². The Hall–Kier alpha value is -0.960. The molecule has 0 unspecified atom stereocenters. The van der Waals surface area contributed by atoms with Crippen LogP contribution in [0.4, 0.5) is 0 Å². The minimum Gasteiger partial charge on any atom is -0.384 e. The van der Waals surface area contributed by atoms with E-state index in [0.717, 1.165) is 12.2 Å². The molecule has 17 heavy (non-hydrogen) atoms. The third-order valence-corrected chi connectivity index (χ3v) is 3.59. The van der Waals surface area contributed by atoms with Crippen molar-refractivity contribution >= 4 is 29.0 Å². The van der Waals surface area contributed by atoms with Crippen LogP contribution in [-0.4, -0.2) is 36.2 Å². The Morgan fingerprint density at radius 2 is 2.47 bits per heavy atom. The van der Waals surface area contributed by atoms with Gasteiger partial charge in [0.15, 0.2) is 0 Å². The first-order valence-electron chi connectivity index (χ1n) is 5.24. The second-order valence-electron chi connectivity index (χ2n) is 3.23. The van der Waals surface area contributed by atoms with Crippen molar-refractivity contribution in [3.05, 3.63) is 21.9 Å². The number of aliphatic hydroxyl groups excluding tert-OH is 1. The molecule has 0 aromatic carbocycles. The Morgan fingerprint density at radius 1 is 1.65 bits per heavy atom. The van der Waals surface area contributed by atoms with Crippen LogP contribution < -0.4 is 5.32 Å². The van der Waals surface area contributed by atoms with Crippen molar-refractivity contribution in [3.8, 4) is 11.8 Å². The molecule has 0 spiro atoms. The van der Waals surface area contributed by atoms with E-state index in [1.54, 1.807) is 17.8 Å². The van der Waals surface area contributed by atoms with Crippen molar-refractivity contribution in [1.29, 1.82) is 0 Å². The highest BCUT2D eigenvalue weighted by molar-refractivity contribution is 7.98. The lowest BCUT2D eigenvalue weighted by Gasteiger charge is -2.02. The molecule has 0 aliphatic heterocycles. The van der Waals surface area contributed by atoms with E-state index in [2.05, 4.69) is 17.2 Å². The van der Waals surface area contributed by atoms with E-state index in [1.165, 1.54) is 11.3 Å². The third-order valence-electron chi connectivity index (χ3n) is 1.98. The molecule has 0 bridgehead atoms. The van der Waals surface area contributed by atoms with Crippen molar-refractivity contribution < 1.29 is 9.90 Å². The van der Waals surface area contributed by atoms with Crippen LogP contribution in [0.5, 0.6) is 0 Å². The molecular formula is C12H15NO2S2. The summed E-state index contributed by atoms with van der Waals surface area (Å²) in [6.07, 6.45) is 3.01. The smallest absolute Gasteiger partial charge is 0.262 e. The molecule has 0 fully saturated rings. The van der Waals surface area contributed by atoms with Gasteiger partial charge in [-0.2, -0.15) is 11.8 Å². The molecule has 1 heterocycles. The highest BCUT2D eigenvalue weighted by Gasteiger charge is 2.10. The molecule has 0 aliphatic rings. The average Bonchev–Trinajstić information content (AvgIpc) is 2.80. The number of aliphatic hydroxyl groups is 1. The zero-order valence-corrected chi connectivity index (χ0v) is 11.3. The number of hydrogen-bond donors (Lipinski definition) is 2. The Kier molecular flexibility index (Phi) is 6.78. The van der Waals surface area contributed by atoms with Gasteiger partial charge in [0, 0.05) is 12.1 Å². The molecule has 92 valence electrons. The highest BCUT2D eigenvalue weighted by atomic mass is 32.2. The van der Waals surface area contributed by atoms with Crippen LogP contribution in [-0.2, 0) is 0 Å². The molecule has 0 saturated carbocycles. The SMILES string of the molecule is CSCCCNC(=O)c1sccc1C#CCO. The molecule has 0 radical (unpaired) electrons. The molecule has 0 aliphatic carbocycles. The Balaban J connectivity index is 2.54. The van der Waals surface area contributed by atoms with Crippen molar-refractivity contribution in [2.45, 2.75) is 6.42 Å². The number of thiophene rings is 1. The van der Waals surface area contributed by atoms with Gasteiger partial charge in [-0.15, -0.1) is 11.3 Å². The molecule has 1 amide bonds. The molecule has 1 aromatic heterocycles. The lowest BCUT2D eigenvalue weighted by Crippen LogP contribution is -2.24. The average molecular weight is 269 g/mol. The summed E-state index contributed by atoms with van der Waals surface area (Å²) < 4.78 is 0. The van der Waals surface area contributed by atoms with Crippen LogP contribution in [0.2, 0.25) is 0 Å². The second kappa shape index (κ2) is 8.18. The Bertz CT molecular complexity index is 418. The van der Waals surface area contributed by atoms with Gasteiger partial charge in [-0.25, -0.2) is 0 Å². The summed E-state index contributed by atoms with van der Waals surface area (Å²) in [5.74, 6) is 6.29. The maximum absolute atomic E-state index is 11.8. The third kappa shape index (κ3) is 4.82. The molecule has 5 heteroatoms. The van der Waals surface area contributed by atoms with Gasteiger partial charge in [0.2, 0.25) is 0 Å². The van der Waals surface area contributed by atoms with Gasteiger partial charge in [0.05, 0.1) is 0 Å². The molecule has 1 aromatic rings. The minimum atomic E-state index is -0.190. The maximum Gasteiger partial charge on any atom is 0.262 e. The van der Waals surface area contributed by atoms with Crippen LogP contribution in [0.3, 0.4) is 0 Å². The molecule has 1 rings (SSSR count). The molecule has 2 N–H and O–H groups in total. The molecule has 0 atom stereocenters. The molecule has 0 saturated heterocycles. The van der Waals surface area contributed by atoms with E-state index in [4.69, 9.17) is 5.11 Å². The number of hydrogen-bond acceptors (Lipinski definition) is 4. The second-order valence-corrected chi connectivity index (χ2v) is 5.13. The number of carbonyl (C=O) groups is 1. The lowest BCUT2D eigenvalue weighted by atomic mass is 10.2. The van der Waals surface area contributed by atoms with Crippen LogP contribution >= 0.6 is 23.1 Å². The van der Waals surface area contributed by atoms with Crippen molar-refractivity contribution in [3.63, 3.8) is 0 Å². The molecular weight excluding hydrogens is 254 g/mol. The summed E-state index contributed by atoms with van der Waals surface area (Å²) in [6.45, 7) is 0.495. The predicted octanol–water partition coefficient (Wildman–Crippen LogP) is 1.57. The summed E-state index contributed by atoms with van der Waals surface area (Å²) in [6, 6.07) is 1.80. The lowest BCUT2D eigenvalue weighted by molar-refractivity contribution is 0.0957. The van der Waals surface area contributed by atoms with E-state index in [0.29, 0.717) is 17.0 Å². The van der Waals surface area contributed by atoms with Gasteiger partial charge in [0.25, 0.3) is 5.91 Å². The fourth-order valence-electron chi connectivity index (χ4n) is 1.22. The van der Waals surface area contributed by atoms with Crippen molar-refractivity contribution in [2.75, 3.05) is 25.2 Å². The van der Waals surface area contributed by atoms with Crippen LogP contribution in [0.15, 0.2) is 11.4 Å². The van der Waals surface area contributed by atoms with Crippen molar-refractivity contribution in [1.82, 2.24) is 5.32 Å². The standard InChI is InChI=1S/C12H15NO2S2/c1-16-8-3-6-13-12(15)11-10(4-2-7-14)5-9-17-11/h5,9,14H,3,6-8H2,1H3,(H,13,15). The van der Waals surface area contributed by atoms with Gasteiger partial charge in [0.1, 0.15) is 11.5 Å². The van der Waals surface area contributed by atoms with Gasteiger partial charge in [-0.1, -0.05) is 11.8 Å². The number of thioether (sulfide) groups is 1. The number of amides is 1. The normalized spacial score (nSPS) is 9.53. The van der Waals surface area contributed by atoms with E-state index < -0.39 is 0 Å². The van der Waals surface area contributed by atoms with Crippen LogP contribution in [0.1, 0.15) is 21.7 Å². The van der Waals surface area contributed by atoms with Crippen molar-refractivity contribution in [2.24, 2.45) is 0 Å². The topological polar surface area (TPSA) is 49.3 Å². The first-order valence-corrected chi connectivity index (χ1v) is 7.51. The minimum absolute atomic E-state index is 0.0802. The molecule has 3 nitrogen and oxygen atoms in total. The van der Waals surface area contributed by atoms with E-state index in [1.807, 2.05) is 11.6 Å². The monoisotopic (exact) mass is 269 g/mol. The van der Waals surface area contributed by atoms with Gasteiger partial charge in [-0.3, -0.25) is 4.79 Å². The Labute approximate surface area is 110 Å². The fourth-order valence-corrected chi connectivity index (χ4v) is 2.42.